The molecule has 0 aromatic heterocycles. The maximum Gasteiger partial charge on any atom is 0.201 e. The molecule has 1 N–H and O–H groups in total. The molecule has 0 amide bonds. The lowest BCUT2D eigenvalue weighted by atomic mass is 10.3. The molecular formula is C7H5F3O3S. The van der Waals surface area contributed by atoms with Gasteiger partial charge in [0.1, 0.15) is 10.7 Å². The maximum absolute atomic E-state index is 12.9. The largest absolute Gasteiger partial charge is 0.505 e. The van der Waals surface area contributed by atoms with Crippen molar-refractivity contribution >= 4 is 9.84 Å². The average Bonchev–Trinajstić information content (AvgIpc) is 1.97. The Morgan fingerprint density at radius 3 is 2.14 bits per heavy atom. The molecule has 1 aromatic carbocycles. The summed E-state index contributed by atoms with van der Waals surface area (Å²) in [5.41, 5.74) is 0. The van der Waals surface area contributed by atoms with E-state index in [1.165, 1.54) is 0 Å². The van der Waals surface area contributed by atoms with Crippen molar-refractivity contribution in [2.24, 2.45) is 0 Å². The molecule has 14 heavy (non-hydrogen) atoms. The van der Waals surface area contributed by atoms with Gasteiger partial charge in [-0.3, -0.25) is 0 Å². The van der Waals surface area contributed by atoms with E-state index in [9.17, 15) is 21.6 Å². The van der Waals surface area contributed by atoms with Crippen LogP contribution in [-0.2, 0) is 9.84 Å². The van der Waals surface area contributed by atoms with Gasteiger partial charge in [-0.25, -0.2) is 17.2 Å². The van der Waals surface area contributed by atoms with Gasteiger partial charge in [-0.15, -0.1) is 0 Å². The molecule has 0 aliphatic rings. The van der Waals surface area contributed by atoms with Crippen molar-refractivity contribution in [1.82, 2.24) is 0 Å². The zero-order valence-electron chi connectivity index (χ0n) is 6.88. The van der Waals surface area contributed by atoms with Gasteiger partial charge >= 0.3 is 0 Å². The van der Waals surface area contributed by atoms with E-state index in [0.717, 1.165) is 0 Å². The van der Waals surface area contributed by atoms with Gasteiger partial charge in [-0.2, -0.15) is 4.39 Å². The average molecular weight is 226 g/mol. The minimum absolute atomic E-state index is 0.203. The van der Waals surface area contributed by atoms with Crippen LogP contribution in [0.15, 0.2) is 11.0 Å². The Labute approximate surface area is 77.7 Å². The van der Waals surface area contributed by atoms with Gasteiger partial charge in [0.05, 0.1) is 0 Å². The second-order valence-electron chi connectivity index (χ2n) is 2.61. The topological polar surface area (TPSA) is 54.4 Å². The predicted octanol–water partition coefficient (Wildman–Crippen LogP) is 1.21. The van der Waals surface area contributed by atoms with E-state index in [1.54, 1.807) is 0 Å². The highest BCUT2D eigenvalue weighted by atomic mass is 32.2. The summed E-state index contributed by atoms with van der Waals surface area (Å²) < 4.78 is 60.0. The standard InChI is InChI=1S/C7H5F3O3S/c1-14(12,13)7-3(8)2-4(11)5(9)6(7)10/h2,11H,1H3. The first-order chi connectivity index (χ1) is 6.25. The Kier molecular flexibility index (Phi) is 2.45. The molecule has 1 aromatic rings. The molecule has 0 aliphatic heterocycles. The summed E-state index contributed by atoms with van der Waals surface area (Å²) in [6.07, 6.45) is 0.533. The normalized spacial score (nSPS) is 11.7. The molecule has 1 rings (SSSR count). The van der Waals surface area contributed by atoms with Crippen LogP contribution in [0, 0.1) is 17.5 Å². The van der Waals surface area contributed by atoms with Crippen LogP contribution in [-0.4, -0.2) is 19.8 Å². The summed E-state index contributed by atoms with van der Waals surface area (Å²) in [6, 6.07) is 0.203. The number of phenolic OH excluding ortho intramolecular Hbond substituents is 1. The molecule has 0 heterocycles. The van der Waals surface area contributed by atoms with Crippen LogP contribution in [0.3, 0.4) is 0 Å². The molecule has 7 heteroatoms. The zero-order chi connectivity index (χ0) is 11.1. The van der Waals surface area contributed by atoms with Crippen LogP contribution in [0.2, 0.25) is 0 Å². The Morgan fingerprint density at radius 1 is 1.21 bits per heavy atom. The van der Waals surface area contributed by atoms with Crippen LogP contribution in [0.4, 0.5) is 13.2 Å². The molecule has 0 fully saturated rings. The number of aromatic hydroxyl groups is 1. The minimum Gasteiger partial charge on any atom is -0.505 e. The van der Waals surface area contributed by atoms with Gasteiger partial charge in [0, 0.05) is 12.3 Å². The molecule has 0 unspecified atom stereocenters. The minimum atomic E-state index is -4.20. The van der Waals surface area contributed by atoms with Gasteiger partial charge in [0.2, 0.25) is 5.82 Å². The first-order valence-electron chi connectivity index (χ1n) is 3.31. The third kappa shape index (κ3) is 1.67. The summed E-state index contributed by atoms with van der Waals surface area (Å²) in [5, 5.41) is 8.62. The van der Waals surface area contributed by atoms with Gasteiger partial charge in [0.15, 0.2) is 21.4 Å². The number of sulfone groups is 1. The van der Waals surface area contributed by atoms with Crippen molar-refractivity contribution in [2.75, 3.05) is 6.26 Å². The van der Waals surface area contributed by atoms with Crippen LogP contribution in [0.1, 0.15) is 0 Å². The predicted molar refractivity (Wildman–Crippen MR) is 41.1 cm³/mol. The molecule has 0 bridgehead atoms. The van der Waals surface area contributed by atoms with E-state index in [0.29, 0.717) is 6.26 Å². The van der Waals surface area contributed by atoms with Crippen molar-refractivity contribution < 1.29 is 26.7 Å². The van der Waals surface area contributed by atoms with E-state index < -0.39 is 37.9 Å². The summed E-state index contributed by atoms with van der Waals surface area (Å²) in [5.74, 6) is -6.49. The van der Waals surface area contributed by atoms with E-state index in [2.05, 4.69) is 0 Å². The quantitative estimate of drug-likeness (QED) is 0.732. The highest BCUT2D eigenvalue weighted by Gasteiger charge is 2.25. The highest BCUT2D eigenvalue weighted by molar-refractivity contribution is 7.90. The number of rotatable bonds is 1. The second-order valence-corrected chi connectivity index (χ2v) is 4.56. The lowest BCUT2D eigenvalue weighted by Gasteiger charge is -2.04. The first-order valence-corrected chi connectivity index (χ1v) is 5.21. The van der Waals surface area contributed by atoms with Crippen LogP contribution < -0.4 is 0 Å². The molecule has 0 saturated carbocycles. The van der Waals surface area contributed by atoms with Crippen LogP contribution >= 0.6 is 0 Å². The highest BCUT2D eigenvalue weighted by Crippen LogP contribution is 2.27. The maximum atomic E-state index is 12.9. The van der Waals surface area contributed by atoms with Crippen molar-refractivity contribution in [3.8, 4) is 5.75 Å². The van der Waals surface area contributed by atoms with Gasteiger partial charge in [-0.05, 0) is 0 Å². The van der Waals surface area contributed by atoms with E-state index in [4.69, 9.17) is 5.11 Å². The van der Waals surface area contributed by atoms with E-state index in [1.807, 2.05) is 0 Å². The smallest absolute Gasteiger partial charge is 0.201 e. The number of halogens is 3. The third-order valence-electron chi connectivity index (χ3n) is 1.47. The second kappa shape index (κ2) is 3.16. The Hall–Kier alpha value is -1.24. The SMILES string of the molecule is CS(=O)(=O)c1c(F)cc(O)c(F)c1F. The fourth-order valence-corrected chi connectivity index (χ4v) is 1.73. The Balaban J connectivity index is 3.70. The molecule has 3 nitrogen and oxygen atoms in total. The lowest BCUT2D eigenvalue weighted by molar-refractivity contribution is 0.386. The monoisotopic (exact) mass is 226 g/mol. The molecule has 0 aliphatic carbocycles. The molecule has 0 atom stereocenters. The van der Waals surface area contributed by atoms with Crippen LogP contribution in [0.5, 0.6) is 5.75 Å². The Morgan fingerprint density at radius 2 is 1.71 bits per heavy atom. The van der Waals surface area contributed by atoms with Gasteiger partial charge in [0.25, 0.3) is 0 Å². The Bertz CT molecular complexity index is 481. The zero-order valence-corrected chi connectivity index (χ0v) is 7.70. The van der Waals surface area contributed by atoms with Crippen molar-refractivity contribution in [2.45, 2.75) is 4.90 Å². The summed E-state index contributed by atoms with van der Waals surface area (Å²) >= 11 is 0. The fraction of sp³-hybridized carbons (Fsp3) is 0.143. The number of hydrogen-bond donors (Lipinski definition) is 1. The summed E-state index contributed by atoms with van der Waals surface area (Å²) in [4.78, 5) is -1.38. The lowest BCUT2D eigenvalue weighted by Crippen LogP contribution is -2.06. The number of benzene rings is 1. The van der Waals surface area contributed by atoms with Gasteiger partial charge < -0.3 is 5.11 Å². The molecular weight excluding hydrogens is 221 g/mol. The van der Waals surface area contributed by atoms with Crippen molar-refractivity contribution in [3.05, 3.63) is 23.5 Å². The molecule has 0 spiro atoms. The van der Waals surface area contributed by atoms with Crippen molar-refractivity contribution in [3.63, 3.8) is 0 Å². The van der Waals surface area contributed by atoms with E-state index in [-0.39, 0.29) is 6.07 Å². The first kappa shape index (κ1) is 10.8. The van der Waals surface area contributed by atoms with E-state index >= 15 is 0 Å². The summed E-state index contributed by atoms with van der Waals surface area (Å²) in [6.45, 7) is 0. The summed E-state index contributed by atoms with van der Waals surface area (Å²) in [7, 11) is -4.20. The number of phenols is 1. The molecule has 0 saturated heterocycles. The third-order valence-corrected chi connectivity index (χ3v) is 2.58. The molecule has 78 valence electrons. The molecule has 0 radical (unpaired) electrons. The van der Waals surface area contributed by atoms with Gasteiger partial charge in [-0.1, -0.05) is 0 Å². The fourth-order valence-electron chi connectivity index (χ4n) is 0.906. The van der Waals surface area contributed by atoms with Crippen LogP contribution in [0.25, 0.3) is 0 Å². The van der Waals surface area contributed by atoms with Crippen molar-refractivity contribution in [1.29, 1.82) is 0 Å². The number of hydrogen-bond acceptors (Lipinski definition) is 3.